The number of likely N-dealkylation sites (N-methyl/N-ethyl adjacent to an activating group) is 1. The van der Waals surface area contributed by atoms with Crippen LogP contribution in [0.2, 0.25) is 0 Å². The lowest BCUT2D eigenvalue weighted by atomic mass is 10.1. The SMILES string of the molecule is COc1cccc(CN(C)CC(=O)NCC(=O)Nc2ccc(F)c(F)c2)c1OC. The zero-order chi connectivity index (χ0) is 21.4. The molecule has 9 heteroatoms. The molecule has 0 aromatic heterocycles. The number of ether oxygens (including phenoxy) is 2. The summed E-state index contributed by atoms with van der Waals surface area (Å²) in [5.74, 6) is -1.81. The maximum absolute atomic E-state index is 13.1. The summed E-state index contributed by atoms with van der Waals surface area (Å²) in [6, 6.07) is 8.47. The van der Waals surface area contributed by atoms with Gasteiger partial charge < -0.3 is 20.1 Å². The van der Waals surface area contributed by atoms with Crippen molar-refractivity contribution in [2.24, 2.45) is 0 Å². The van der Waals surface area contributed by atoms with Gasteiger partial charge >= 0.3 is 0 Å². The maximum Gasteiger partial charge on any atom is 0.243 e. The molecule has 2 aromatic rings. The summed E-state index contributed by atoms with van der Waals surface area (Å²) in [5.41, 5.74) is 0.948. The Bertz CT molecular complexity index is 877. The molecule has 0 fully saturated rings. The minimum absolute atomic E-state index is 0.0405. The van der Waals surface area contributed by atoms with E-state index >= 15 is 0 Å². The summed E-state index contributed by atoms with van der Waals surface area (Å²) in [4.78, 5) is 25.7. The van der Waals surface area contributed by atoms with E-state index in [2.05, 4.69) is 10.6 Å². The number of anilines is 1. The predicted molar refractivity (Wildman–Crippen MR) is 104 cm³/mol. The summed E-state index contributed by atoms with van der Waals surface area (Å²) in [7, 11) is 4.84. The van der Waals surface area contributed by atoms with E-state index in [0.717, 1.165) is 17.7 Å². The van der Waals surface area contributed by atoms with E-state index < -0.39 is 17.5 Å². The molecule has 0 saturated heterocycles. The highest BCUT2D eigenvalue weighted by Crippen LogP contribution is 2.31. The highest BCUT2D eigenvalue weighted by Gasteiger charge is 2.14. The van der Waals surface area contributed by atoms with Crippen molar-refractivity contribution in [3.63, 3.8) is 0 Å². The third-order valence-corrected chi connectivity index (χ3v) is 3.99. The first-order chi connectivity index (χ1) is 13.8. The lowest BCUT2D eigenvalue weighted by Gasteiger charge is -2.19. The monoisotopic (exact) mass is 407 g/mol. The number of methoxy groups -OCH3 is 2. The molecular formula is C20H23F2N3O4. The van der Waals surface area contributed by atoms with E-state index in [9.17, 15) is 18.4 Å². The molecule has 2 aromatic carbocycles. The first-order valence-electron chi connectivity index (χ1n) is 8.74. The Morgan fingerprint density at radius 3 is 2.45 bits per heavy atom. The fourth-order valence-electron chi connectivity index (χ4n) is 2.68. The van der Waals surface area contributed by atoms with Crippen molar-refractivity contribution in [3.8, 4) is 11.5 Å². The second-order valence-electron chi connectivity index (χ2n) is 6.28. The number of carbonyl (C=O) groups excluding carboxylic acids is 2. The highest BCUT2D eigenvalue weighted by molar-refractivity contribution is 5.94. The molecule has 156 valence electrons. The standard InChI is InChI=1S/C20H23F2N3O4/c1-25(11-13-5-4-6-17(28-2)20(13)29-3)12-19(27)23-10-18(26)24-14-7-8-15(21)16(22)9-14/h4-9H,10-12H2,1-3H3,(H,23,27)(H,24,26). The molecule has 7 nitrogen and oxygen atoms in total. The molecule has 2 amide bonds. The van der Waals surface area contributed by atoms with Crippen LogP contribution in [0.4, 0.5) is 14.5 Å². The number of benzene rings is 2. The molecule has 0 spiro atoms. The molecule has 0 bridgehead atoms. The Balaban J connectivity index is 1.83. The van der Waals surface area contributed by atoms with E-state index in [-0.39, 0.29) is 24.7 Å². The van der Waals surface area contributed by atoms with Gasteiger partial charge in [-0.2, -0.15) is 0 Å². The van der Waals surface area contributed by atoms with E-state index in [0.29, 0.717) is 18.0 Å². The zero-order valence-corrected chi connectivity index (χ0v) is 16.4. The number of amides is 2. The maximum atomic E-state index is 13.1. The molecule has 0 saturated carbocycles. The minimum Gasteiger partial charge on any atom is -0.493 e. The minimum atomic E-state index is -1.07. The van der Waals surface area contributed by atoms with Gasteiger partial charge in [-0.05, 0) is 25.2 Å². The number of halogens is 2. The van der Waals surface area contributed by atoms with Crippen LogP contribution in [-0.4, -0.2) is 51.1 Å². The zero-order valence-electron chi connectivity index (χ0n) is 16.4. The third-order valence-electron chi connectivity index (χ3n) is 3.99. The summed E-state index contributed by atoms with van der Waals surface area (Å²) < 4.78 is 36.7. The second-order valence-corrected chi connectivity index (χ2v) is 6.28. The summed E-state index contributed by atoms with van der Waals surface area (Å²) in [5, 5.41) is 4.86. The van der Waals surface area contributed by atoms with Crippen LogP contribution in [0.15, 0.2) is 36.4 Å². The van der Waals surface area contributed by atoms with Crippen LogP contribution in [-0.2, 0) is 16.1 Å². The van der Waals surface area contributed by atoms with Gasteiger partial charge in [0.05, 0.1) is 27.3 Å². The first kappa shape index (κ1) is 22.1. The van der Waals surface area contributed by atoms with Crippen molar-refractivity contribution in [1.82, 2.24) is 10.2 Å². The van der Waals surface area contributed by atoms with Crippen LogP contribution in [0.5, 0.6) is 11.5 Å². The van der Waals surface area contributed by atoms with Gasteiger partial charge in [0, 0.05) is 23.9 Å². The van der Waals surface area contributed by atoms with Gasteiger partial charge in [0.15, 0.2) is 23.1 Å². The van der Waals surface area contributed by atoms with Gasteiger partial charge in [-0.1, -0.05) is 12.1 Å². The van der Waals surface area contributed by atoms with Gasteiger partial charge in [-0.25, -0.2) is 8.78 Å². The van der Waals surface area contributed by atoms with E-state index in [1.165, 1.54) is 6.07 Å². The van der Waals surface area contributed by atoms with Crippen LogP contribution in [0, 0.1) is 11.6 Å². The van der Waals surface area contributed by atoms with Crippen LogP contribution >= 0.6 is 0 Å². The van der Waals surface area contributed by atoms with Crippen molar-refractivity contribution in [2.75, 3.05) is 39.7 Å². The fraction of sp³-hybridized carbons (Fsp3) is 0.300. The lowest BCUT2D eigenvalue weighted by Crippen LogP contribution is -2.39. The van der Waals surface area contributed by atoms with Crippen molar-refractivity contribution in [3.05, 3.63) is 53.6 Å². The molecule has 0 atom stereocenters. The predicted octanol–water partition coefficient (Wildman–Crippen LogP) is 2.17. The topological polar surface area (TPSA) is 79.9 Å². The van der Waals surface area contributed by atoms with Crippen molar-refractivity contribution in [1.29, 1.82) is 0 Å². The Hall–Kier alpha value is -3.20. The van der Waals surface area contributed by atoms with Crippen LogP contribution in [0.25, 0.3) is 0 Å². The van der Waals surface area contributed by atoms with Gasteiger partial charge in [0.2, 0.25) is 11.8 Å². The highest BCUT2D eigenvalue weighted by atomic mass is 19.2. The number of rotatable bonds is 9. The van der Waals surface area contributed by atoms with Gasteiger partial charge in [0.1, 0.15) is 0 Å². The number of nitrogens with zero attached hydrogens (tertiary/aromatic N) is 1. The van der Waals surface area contributed by atoms with E-state index in [4.69, 9.17) is 9.47 Å². The number of nitrogens with one attached hydrogen (secondary N) is 2. The molecule has 2 N–H and O–H groups in total. The summed E-state index contributed by atoms with van der Waals surface area (Å²) >= 11 is 0. The molecule has 2 rings (SSSR count). The van der Waals surface area contributed by atoms with Gasteiger partial charge in [-0.15, -0.1) is 0 Å². The van der Waals surface area contributed by atoms with Gasteiger partial charge in [0.25, 0.3) is 0 Å². The molecule has 0 aliphatic carbocycles. The van der Waals surface area contributed by atoms with E-state index in [1.54, 1.807) is 32.2 Å². The molecule has 0 unspecified atom stereocenters. The number of carbonyl (C=O) groups is 2. The Morgan fingerprint density at radius 1 is 1.03 bits per heavy atom. The van der Waals surface area contributed by atoms with Crippen LogP contribution in [0.1, 0.15) is 5.56 Å². The van der Waals surface area contributed by atoms with Crippen molar-refractivity contribution in [2.45, 2.75) is 6.54 Å². The first-order valence-corrected chi connectivity index (χ1v) is 8.74. The smallest absolute Gasteiger partial charge is 0.243 e. The summed E-state index contributed by atoms with van der Waals surface area (Å²) in [6.07, 6.45) is 0. The van der Waals surface area contributed by atoms with Crippen LogP contribution < -0.4 is 20.1 Å². The second kappa shape index (κ2) is 10.4. The van der Waals surface area contributed by atoms with Crippen molar-refractivity contribution >= 4 is 17.5 Å². The summed E-state index contributed by atoms with van der Waals surface area (Å²) in [6.45, 7) is 0.168. The number of hydrogen-bond donors (Lipinski definition) is 2. The number of hydrogen-bond acceptors (Lipinski definition) is 5. The molecule has 29 heavy (non-hydrogen) atoms. The van der Waals surface area contributed by atoms with E-state index in [1.807, 2.05) is 12.1 Å². The van der Waals surface area contributed by atoms with Crippen LogP contribution in [0.3, 0.4) is 0 Å². The Labute approximate surface area is 167 Å². The molecular weight excluding hydrogens is 384 g/mol. The third kappa shape index (κ3) is 6.42. The Kier molecular flexibility index (Phi) is 7.90. The van der Waals surface area contributed by atoms with Gasteiger partial charge in [-0.3, -0.25) is 14.5 Å². The quantitative estimate of drug-likeness (QED) is 0.666. The average molecular weight is 407 g/mol. The molecule has 0 aliphatic rings. The normalized spacial score (nSPS) is 10.6. The largest absolute Gasteiger partial charge is 0.493 e. The Morgan fingerprint density at radius 2 is 1.79 bits per heavy atom. The molecule has 0 radical (unpaired) electrons. The van der Waals surface area contributed by atoms with Crippen molar-refractivity contribution < 1.29 is 27.8 Å². The molecule has 0 heterocycles. The average Bonchev–Trinajstić information content (AvgIpc) is 2.69. The fourth-order valence-corrected chi connectivity index (χ4v) is 2.68. The molecule has 0 aliphatic heterocycles. The lowest BCUT2D eigenvalue weighted by molar-refractivity contribution is -0.124. The number of para-hydroxylation sites is 1.